The van der Waals surface area contributed by atoms with E-state index in [1.54, 1.807) is 0 Å². The van der Waals surface area contributed by atoms with E-state index >= 15 is 0 Å². The van der Waals surface area contributed by atoms with Gasteiger partial charge in [-0.1, -0.05) is 0 Å². The molecule has 0 aromatic rings. The van der Waals surface area contributed by atoms with Crippen LogP contribution in [0.25, 0.3) is 0 Å². The molecule has 0 rings (SSSR count). The molecule has 0 aromatic heterocycles. The van der Waals surface area contributed by atoms with E-state index < -0.39 is 7.82 Å². The van der Waals surface area contributed by atoms with Crippen molar-refractivity contribution in [3.63, 3.8) is 0 Å². The largest absolute Gasteiger partial charge is 2.00 e. The van der Waals surface area contributed by atoms with Gasteiger partial charge in [-0.15, -0.1) is 0 Å². The normalized spacial score (nSPS) is 5.36. The van der Waals surface area contributed by atoms with E-state index in [1.165, 1.54) is 0 Å². The monoisotopic (exact) mass is 323 g/mol. The minimum absolute atomic E-state index is 0. The summed E-state index contributed by atoms with van der Waals surface area (Å²) in [4.78, 5) is 21.6. The standard InChI is InChI=1S/Al.Ca.Fe.Mn.Na.H3O4P.H2O.6H/c;;;;;1-5(2,3)4;;;;;;;/h;;;;;(H3,1,2,3,4);1H2;;;;;;/q;+2;;;+1;;;;;;3*-1. The summed E-state index contributed by atoms with van der Waals surface area (Å²) in [6.07, 6.45) is 0. The van der Waals surface area contributed by atoms with Gasteiger partial charge in [-0.3, -0.25) is 0 Å². The second kappa shape index (κ2) is 23.6. The molecule has 0 saturated heterocycles. The van der Waals surface area contributed by atoms with E-state index in [9.17, 15) is 0 Å². The van der Waals surface area contributed by atoms with Crippen molar-refractivity contribution in [2.24, 2.45) is 0 Å². The summed E-state index contributed by atoms with van der Waals surface area (Å²) in [5.41, 5.74) is 0. The molecule has 0 fully saturated rings. The molecule has 0 aliphatic heterocycles. The molecule has 1 radical (unpaired) electrons. The molecule has 0 aromatic carbocycles. The minimum atomic E-state index is -4.64. The van der Waals surface area contributed by atoms with Crippen molar-refractivity contribution in [2.45, 2.75) is 0 Å². The zero-order valence-corrected chi connectivity index (χ0v) is 12.5. The Labute approximate surface area is 153 Å². The Hall–Kier alpha value is 3.90. The maximum atomic E-state index is 8.88. The van der Waals surface area contributed by atoms with Gasteiger partial charge in [0, 0.05) is 34.1 Å². The summed E-state index contributed by atoms with van der Waals surface area (Å²) in [5, 5.41) is 0. The van der Waals surface area contributed by atoms with Crippen LogP contribution >= 0.6 is 7.82 Å². The first-order chi connectivity index (χ1) is 2.00. The summed E-state index contributed by atoms with van der Waals surface area (Å²) in [7, 11) is -4.64. The minimum Gasteiger partial charge on any atom is -1.00 e. The van der Waals surface area contributed by atoms with Crippen LogP contribution in [0.1, 0.15) is 4.28 Å². The van der Waals surface area contributed by atoms with Gasteiger partial charge in [0.2, 0.25) is 0 Å². The second-order valence-electron chi connectivity index (χ2n) is 0.513. The topological polar surface area (TPSA) is 109 Å². The molecular formula is H11AlCaFeMnNaO5P. The van der Waals surface area contributed by atoms with Crippen LogP contribution in [-0.4, -0.2) is 75.3 Å². The smallest absolute Gasteiger partial charge is 1.00 e. The molecule has 0 aliphatic carbocycles. The van der Waals surface area contributed by atoms with E-state index in [4.69, 9.17) is 19.2 Å². The molecule has 67 valence electrons. The Morgan fingerprint density at radius 2 is 1.18 bits per heavy atom. The molecule has 0 spiro atoms. The second-order valence-corrected chi connectivity index (χ2v) is 1.54. The van der Waals surface area contributed by atoms with Crippen molar-refractivity contribution in [1.82, 2.24) is 0 Å². The van der Waals surface area contributed by atoms with Crippen LogP contribution in [0.2, 0.25) is 0 Å². The molecule has 0 heterocycles. The fraction of sp³-hybridized carbons (Fsp3) is 0. The van der Waals surface area contributed by atoms with Crippen molar-refractivity contribution in [2.75, 3.05) is 0 Å². The van der Waals surface area contributed by atoms with Crippen molar-refractivity contribution in [3.05, 3.63) is 0 Å². The molecule has 11 heavy (non-hydrogen) atoms. The molecule has 5 N–H and O–H groups in total. The van der Waals surface area contributed by atoms with Gasteiger partial charge >= 0.3 is 75.1 Å². The fourth-order valence-electron chi connectivity index (χ4n) is 0. The maximum Gasteiger partial charge on any atom is 2.00 e. The van der Waals surface area contributed by atoms with E-state index in [0.29, 0.717) is 0 Å². The van der Waals surface area contributed by atoms with Crippen molar-refractivity contribution < 1.29 is 92.7 Å². The van der Waals surface area contributed by atoms with Gasteiger partial charge in [0.1, 0.15) is 0 Å². The third-order valence-electron chi connectivity index (χ3n) is 0. The van der Waals surface area contributed by atoms with Gasteiger partial charge < -0.3 is 24.4 Å². The fourth-order valence-corrected chi connectivity index (χ4v) is 0. The summed E-state index contributed by atoms with van der Waals surface area (Å²) >= 11 is 0. The predicted octanol–water partition coefficient (Wildman–Crippen LogP) is -5.98. The summed E-state index contributed by atoms with van der Waals surface area (Å²) in [6, 6.07) is 0. The van der Waals surface area contributed by atoms with Crippen molar-refractivity contribution in [1.29, 1.82) is 0 Å². The Kier molecular flexibility index (Phi) is 99.0. The van der Waals surface area contributed by atoms with Gasteiger partial charge in [0.25, 0.3) is 0 Å². The Morgan fingerprint density at radius 1 is 1.18 bits per heavy atom. The van der Waals surface area contributed by atoms with Crippen LogP contribution in [0.15, 0.2) is 0 Å². The number of hydrogen-bond acceptors (Lipinski definition) is 1. The van der Waals surface area contributed by atoms with Gasteiger partial charge in [0.05, 0.1) is 0 Å². The zero-order chi connectivity index (χ0) is 4.50. The molecule has 0 aliphatic rings. The van der Waals surface area contributed by atoms with E-state index in [-0.39, 0.29) is 129 Å². The van der Waals surface area contributed by atoms with Crippen LogP contribution in [0.4, 0.5) is 0 Å². The third-order valence-corrected chi connectivity index (χ3v) is 0. The molecule has 0 bridgehead atoms. The van der Waals surface area contributed by atoms with Gasteiger partial charge in [-0.25, -0.2) is 4.57 Å². The van der Waals surface area contributed by atoms with Crippen molar-refractivity contribution in [3.8, 4) is 0 Å². The van der Waals surface area contributed by atoms with Crippen molar-refractivity contribution >= 4 is 62.9 Å². The number of hydrogen-bond donors (Lipinski definition) is 3. The number of phosphoric acid groups is 1. The first-order valence-electron chi connectivity index (χ1n) is 0.783. The van der Waals surface area contributed by atoms with Crippen LogP contribution < -0.4 is 29.6 Å². The zero-order valence-electron chi connectivity index (χ0n) is 8.14. The van der Waals surface area contributed by atoms with Crippen LogP contribution in [0.3, 0.4) is 0 Å². The van der Waals surface area contributed by atoms with Crippen LogP contribution in [0.5, 0.6) is 0 Å². The average molecular weight is 323 g/mol. The molecule has 0 amide bonds. The van der Waals surface area contributed by atoms with E-state index in [2.05, 4.69) is 0 Å². The summed E-state index contributed by atoms with van der Waals surface area (Å²) in [6.45, 7) is 0. The molecule has 11 heteroatoms. The molecule has 0 unspecified atom stereocenters. The van der Waals surface area contributed by atoms with Gasteiger partial charge in [0.15, 0.2) is 17.4 Å². The molecule has 0 saturated carbocycles. The third kappa shape index (κ3) is 129. The van der Waals surface area contributed by atoms with Gasteiger partial charge in [-0.2, -0.15) is 0 Å². The van der Waals surface area contributed by atoms with E-state index in [0.717, 1.165) is 0 Å². The number of rotatable bonds is 0. The molecule has 5 nitrogen and oxygen atoms in total. The first kappa shape index (κ1) is 46.1. The SMILES string of the molecule is O.O=P(O)(O)O.[AlH3].[Ca+2].[Fe].[H-].[H-].[H-].[Mn].[Na+]. The van der Waals surface area contributed by atoms with E-state index in [1.807, 2.05) is 0 Å². The maximum absolute atomic E-state index is 8.88. The Morgan fingerprint density at radius 3 is 1.18 bits per heavy atom. The van der Waals surface area contributed by atoms with Crippen LogP contribution in [-0.2, 0) is 38.7 Å². The molecular weight excluding hydrogens is 312 g/mol. The summed E-state index contributed by atoms with van der Waals surface area (Å²) < 4.78 is 8.88. The molecule has 0 atom stereocenters. The predicted molar refractivity (Wildman–Crippen MR) is 36.9 cm³/mol. The van der Waals surface area contributed by atoms with Gasteiger partial charge in [-0.05, 0) is 0 Å². The Balaban J connectivity index is -0.00000000222. The first-order valence-corrected chi connectivity index (χ1v) is 2.35. The quantitative estimate of drug-likeness (QED) is 0.305. The summed E-state index contributed by atoms with van der Waals surface area (Å²) in [5.74, 6) is 0. The Bertz CT molecular complexity index is 83.1. The average Bonchev–Trinajstić information content (AvgIpc) is 0.722. The van der Waals surface area contributed by atoms with Crippen LogP contribution in [0, 0.1) is 0 Å².